The Morgan fingerprint density at radius 1 is 0.720 bits per heavy atom. The van der Waals surface area contributed by atoms with Crippen LogP contribution in [0.4, 0.5) is 0 Å². The fraction of sp³-hybridized carbons (Fsp3) is 0.944. The van der Waals surface area contributed by atoms with E-state index in [1.54, 1.807) is 0 Å². The molecule has 0 rings (SSSR count). The maximum absolute atomic E-state index is 11.4. The van der Waals surface area contributed by atoms with E-state index in [0.29, 0.717) is 6.42 Å². The minimum absolute atomic E-state index is 0. The monoisotopic (exact) mass is 388 g/mol. The average Bonchev–Trinajstić information content (AvgIpc) is 2.51. The van der Waals surface area contributed by atoms with E-state index >= 15 is 0 Å². The van der Waals surface area contributed by atoms with Crippen molar-refractivity contribution >= 4 is 45.9 Å². The Balaban J connectivity index is 0. The van der Waals surface area contributed by atoms with Gasteiger partial charge in [-0.15, -0.1) is 0 Å². The van der Waals surface area contributed by atoms with Gasteiger partial charge in [0.2, 0.25) is 0 Å². The molecule has 0 fully saturated rings. The molecule has 25 heavy (non-hydrogen) atoms. The molecule has 146 valence electrons. The Bertz CT molecular complexity index is 398. The van der Waals surface area contributed by atoms with E-state index in [4.69, 9.17) is 0 Å². The first-order valence-electron chi connectivity index (χ1n) is 9.63. The molecule has 0 aliphatic carbocycles. The Hall–Kier alpha value is 0.380. The maximum atomic E-state index is 11.4. The van der Waals surface area contributed by atoms with Crippen LogP contribution in [0.25, 0.3) is 0 Å². The van der Waals surface area contributed by atoms with Crippen molar-refractivity contribution in [3.63, 3.8) is 0 Å². The molecule has 0 aliphatic rings. The van der Waals surface area contributed by atoms with Crippen molar-refractivity contribution in [2.45, 2.75) is 104 Å². The summed E-state index contributed by atoms with van der Waals surface area (Å²) in [4.78, 5) is 11.4. The van der Waals surface area contributed by atoms with Crippen LogP contribution in [0, 0.1) is 0 Å². The second kappa shape index (κ2) is 19.2. The standard InChI is InChI=1S/C18H36O5S.Na.H/c1-3-5-6-7-8-9-10-11-12-13-14-15-16-17-18(19)23-24(20,21)22-4-2;;/h3-17H2,1-2H3;;. The van der Waals surface area contributed by atoms with Crippen molar-refractivity contribution in [2.75, 3.05) is 6.61 Å². The third-order valence-electron chi connectivity index (χ3n) is 3.94. The number of carbonyl (C=O) groups is 1. The van der Waals surface area contributed by atoms with Crippen molar-refractivity contribution in [2.24, 2.45) is 0 Å². The van der Waals surface area contributed by atoms with Gasteiger partial charge < -0.3 is 4.18 Å². The fourth-order valence-corrected chi connectivity index (χ4v) is 3.26. The van der Waals surface area contributed by atoms with Crippen molar-refractivity contribution in [1.82, 2.24) is 0 Å². The van der Waals surface area contributed by atoms with E-state index in [1.165, 1.54) is 71.1 Å². The Morgan fingerprint density at radius 2 is 1.12 bits per heavy atom. The van der Waals surface area contributed by atoms with Crippen LogP contribution in [0.2, 0.25) is 0 Å². The van der Waals surface area contributed by atoms with E-state index in [2.05, 4.69) is 15.3 Å². The van der Waals surface area contributed by atoms with Crippen LogP contribution >= 0.6 is 0 Å². The van der Waals surface area contributed by atoms with Crippen LogP contribution in [0.5, 0.6) is 0 Å². The van der Waals surface area contributed by atoms with Crippen molar-refractivity contribution in [3.05, 3.63) is 0 Å². The summed E-state index contributed by atoms with van der Waals surface area (Å²) in [5.41, 5.74) is 0. The Morgan fingerprint density at radius 3 is 1.52 bits per heavy atom. The van der Waals surface area contributed by atoms with E-state index in [9.17, 15) is 13.2 Å². The molecule has 0 unspecified atom stereocenters. The molecular formula is C18H37NaO5S. The number of hydrogen-bond donors (Lipinski definition) is 0. The number of unbranched alkanes of at least 4 members (excludes halogenated alkanes) is 12. The number of carbonyl (C=O) groups excluding carboxylic acids is 1. The summed E-state index contributed by atoms with van der Waals surface area (Å²) in [6.07, 6.45) is 16.0. The topological polar surface area (TPSA) is 69.7 Å². The Kier molecular flexibility index (Phi) is 21.1. The zero-order valence-corrected chi connectivity index (χ0v) is 16.4. The van der Waals surface area contributed by atoms with Crippen molar-refractivity contribution in [1.29, 1.82) is 0 Å². The first-order valence-corrected chi connectivity index (χ1v) is 11.0. The summed E-state index contributed by atoms with van der Waals surface area (Å²) >= 11 is 0. The van der Waals surface area contributed by atoms with E-state index in [0.717, 1.165) is 12.8 Å². The number of hydrogen-bond acceptors (Lipinski definition) is 5. The molecule has 0 aromatic carbocycles. The molecule has 0 aliphatic heterocycles. The Labute approximate surface area is 177 Å². The fourth-order valence-electron chi connectivity index (χ4n) is 2.61. The number of rotatable bonds is 17. The molecule has 0 spiro atoms. The summed E-state index contributed by atoms with van der Waals surface area (Å²) in [7, 11) is -4.15. The second-order valence-corrected chi connectivity index (χ2v) is 7.48. The molecule has 0 saturated carbocycles. The quantitative estimate of drug-likeness (QED) is 0.268. The van der Waals surface area contributed by atoms with E-state index < -0.39 is 16.4 Å². The summed E-state index contributed by atoms with van der Waals surface area (Å²) in [5, 5.41) is 0. The molecule has 0 bridgehead atoms. The molecule has 0 aromatic rings. The van der Waals surface area contributed by atoms with Gasteiger partial charge in [-0.1, -0.05) is 84.0 Å². The molecule has 5 nitrogen and oxygen atoms in total. The second-order valence-electron chi connectivity index (χ2n) is 6.26. The minimum atomic E-state index is -4.15. The molecule has 7 heteroatoms. The zero-order chi connectivity index (χ0) is 18.1. The predicted octanol–water partition coefficient (Wildman–Crippen LogP) is 4.64. The van der Waals surface area contributed by atoms with E-state index in [-0.39, 0.29) is 42.6 Å². The van der Waals surface area contributed by atoms with Crippen LogP contribution in [0.3, 0.4) is 0 Å². The summed E-state index contributed by atoms with van der Waals surface area (Å²) in [6, 6.07) is 0. The molecule has 0 atom stereocenters. The van der Waals surface area contributed by atoms with Crippen LogP contribution in [0.15, 0.2) is 0 Å². The normalized spacial score (nSPS) is 11.1. The van der Waals surface area contributed by atoms with Gasteiger partial charge in [0.25, 0.3) is 0 Å². The third kappa shape index (κ3) is 20.5. The van der Waals surface area contributed by atoms with Gasteiger partial charge >= 0.3 is 45.9 Å². The molecule has 0 radical (unpaired) electrons. The van der Waals surface area contributed by atoms with Crippen molar-refractivity contribution < 1.29 is 21.6 Å². The molecule has 0 heterocycles. The first-order chi connectivity index (χ1) is 11.5. The van der Waals surface area contributed by atoms with Gasteiger partial charge in [0.15, 0.2) is 0 Å². The van der Waals surface area contributed by atoms with Crippen LogP contribution in [0.1, 0.15) is 104 Å². The van der Waals surface area contributed by atoms with Crippen LogP contribution in [-0.4, -0.2) is 50.6 Å². The third-order valence-corrected chi connectivity index (χ3v) is 4.86. The van der Waals surface area contributed by atoms with Gasteiger partial charge in [0, 0.05) is 6.42 Å². The van der Waals surface area contributed by atoms with Gasteiger partial charge in [-0.2, -0.15) is 8.42 Å². The van der Waals surface area contributed by atoms with Crippen LogP contribution in [-0.2, 0) is 23.6 Å². The van der Waals surface area contributed by atoms with Gasteiger partial charge in [0.1, 0.15) is 0 Å². The molecule has 0 saturated heterocycles. The summed E-state index contributed by atoms with van der Waals surface area (Å²) in [6.45, 7) is 3.73. The first kappa shape index (κ1) is 27.6. The van der Waals surface area contributed by atoms with Gasteiger partial charge in [0.05, 0.1) is 6.61 Å². The predicted molar refractivity (Wildman–Crippen MR) is 104 cm³/mol. The summed E-state index contributed by atoms with van der Waals surface area (Å²) in [5.74, 6) is -0.730. The SMILES string of the molecule is CCCCCCCCCCCCCCCC(=O)OS(=O)(=O)OCC.[NaH]. The summed E-state index contributed by atoms with van der Waals surface area (Å²) < 4.78 is 30.9. The zero-order valence-electron chi connectivity index (χ0n) is 15.6. The van der Waals surface area contributed by atoms with Gasteiger partial charge in [-0.25, -0.2) is 4.18 Å². The van der Waals surface area contributed by atoms with Crippen molar-refractivity contribution in [3.8, 4) is 0 Å². The molecule has 0 N–H and O–H groups in total. The van der Waals surface area contributed by atoms with Gasteiger partial charge in [-0.3, -0.25) is 4.79 Å². The van der Waals surface area contributed by atoms with E-state index in [1.807, 2.05) is 0 Å². The molecular weight excluding hydrogens is 351 g/mol. The average molecular weight is 389 g/mol. The molecule has 0 aromatic heterocycles. The van der Waals surface area contributed by atoms with Gasteiger partial charge in [-0.05, 0) is 13.3 Å². The molecule has 0 amide bonds. The van der Waals surface area contributed by atoms with Crippen LogP contribution < -0.4 is 0 Å².